The number of rotatable bonds is 2. The van der Waals surface area contributed by atoms with E-state index in [9.17, 15) is 0 Å². The summed E-state index contributed by atoms with van der Waals surface area (Å²) in [4.78, 5) is 0. The van der Waals surface area contributed by atoms with E-state index >= 15 is 0 Å². The van der Waals surface area contributed by atoms with Crippen molar-refractivity contribution in [2.45, 2.75) is 24.9 Å². The highest BCUT2D eigenvalue weighted by atomic mass is 35.5. The van der Waals surface area contributed by atoms with Crippen LogP contribution in [0.2, 0.25) is 10.0 Å². The first-order valence-electron chi connectivity index (χ1n) is 6.19. The summed E-state index contributed by atoms with van der Waals surface area (Å²) < 4.78 is 11.0. The highest BCUT2D eigenvalue weighted by Crippen LogP contribution is 2.40. The summed E-state index contributed by atoms with van der Waals surface area (Å²) >= 11 is 12.2. The van der Waals surface area contributed by atoms with Gasteiger partial charge in [-0.3, -0.25) is 0 Å². The normalized spacial score (nSPS) is 26.8. The number of nitrogens with one attached hydrogen (secondary N) is 1. The number of hydrogen-bond acceptors (Lipinski definition) is 3. The molecule has 3 rings (SSSR count). The summed E-state index contributed by atoms with van der Waals surface area (Å²) in [7, 11) is 0. The molecule has 18 heavy (non-hydrogen) atoms. The number of fused-ring (bicyclic) bond motifs is 1. The predicted octanol–water partition coefficient (Wildman–Crippen LogP) is 3.20. The Morgan fingerprint density at radius 1 is 1.17 bits per heavy atom. The van der Waals surface area contributed by atoms with Crippen LogP contribution in [0.15, 0.2) is 12.1 Å². The molecule has 2 aliphatic heterocycles. The highest BCUT2D eigenvalue weighted by Gasteiger charge is 2.27. The fourth-order valence-electron chi connectivity index (χ4n) is 2.55. The summed E-state index contributed by atoms with van der Waals surface area (Å²) in [5, 5.41) is 4.85. The Bertz CT molecular complexity index is 447. The first-order valence-corrected chi connectivity index (χ1v) is 6.95. The van der Waals surface area contributed by atoms with Crippen LogP contribution < -0.4 is 10.1 Å². The Morgan fingerprint density at radius 2 is 2.06 bits per heavy atom. The largest absolute Gasteiger partial charge is 0.492 e. The van der Waals surface area contributed by atoms with Crippen LogP contribution in [0.3, 0.4) is 0 Å². The van der Waals surface area contributed by atoms with E-state index in [1.54, 1.807) is 6.07 Å². The van der Waals surface area contributed by atoms with Crippen molar-refractivity contribution in [2.75, 3.05) is 19.8 Å². The molecule has 3 nitrogen and oxygen atoms in total. The molecule has 1 aromatic carbocycles. The van der Waals surface area contributed by atoms with Crippen molar-refractivity contribution in [3.8, 4) is 5.75 Å². The van der Waals surface area contributed by atoms with Gasteiger partial charge in [0.1, 0.15) is 5.75 Å². The standard InChI is InChI=1S/C13H15Cl2NO2/c14-8-5-10-12(16-9-1-3-17-7-9)2-4-18-13(10)11(15)6-8/h5-6,9,12,16H,1-4,7H2. The molecule has 98 valence electrons. The second kappa shape index (κ2) is 5.25. The predicted molar refractivity (Wildman–Crippen MR) is 71.7 cm³/mol. The third-order valence-corrected chi connectivity index (χ3v) is 3.93. The lowest BCUT2D eigenvalue weighted by Crippen LogP contribution is -2.35. The van der Waals surface area contributed by atoms with E-state index in [4.69, 9.17) is 32.7 Å². The van der Waals surface area contributed by atoms with Gasteiger partial charge in [-0.1, -0.05) is 23.2 Å². The molecule has 2 unspecified atom stereocenters. The lowest BCUT2D eigenvalue weighted by Gasteiger charge is -2.29. The third kappa shape index (κ3) is 2.45. The van der Waals surface area contributed by atoms with E-state index in [-0.39, 0.29) is 6.04 Å². The summed E-state index contributed by atoms with van der Waals surface area (Å²) in [6, 6.07) is 4.33. The van der Waals surface area contributed by atoms with Gasteiger partial charge in [0, 0.05) is 35.7 Å². The van der Waals surface area contributed by atoms with Crippen molar-refractivity contribution in [2.24, 2.45) is 0 Å². The van der Waals surface area contributed by atoms with Gasteiger partial charge in [0.2, 0.25) is 0 Å². The van der Waals surface area contributed by atoms with Crippen LogP contribution in [0.1, 0.15) is 24.4 Å². The highest BCUT2D eigenvalue weighted by molar-refractivity contribution is 6.35. The minimum Gasteiger partial charge on any atom is -0.492 e. The second-order valence-electron chi connectivity index (χ2n) is 4.72. The van der Waals surface area contributed by atoms with Crippen molar-refractivity contribution < 1.29 is 9.47 Å². The fraction of sp³-hybridized carbons (Fsp3) is 0.538. The summed E-state index contributed by atoms with van der Waals surface area (Å²) in [6.07, 6.45) is 1.99. The lowest BCUT2D eigenvalue weighted by molar-refractivity contribution is 0.183. The molecule has 0 amide bonds. The van der Waals surface area contributed by atoms with Crippen molar-refractivity contribution >= 4 is 23.2 Å². The van der Waals surface area contributed by atoms with Gasteiger partial charge in [0.15, 0.2) is 0 Å². The molecule has 2 aliphatic rings. The number of halogens is 2. The Balaban J connectivity index is 1.86. The van der Waals surface area contributed by atoms with Gasteiger partial charge < -0.3 is 14.8 Å². The van der Waals surface area contributed by atoms with Crippen LogP contribution in [0.25, 0.3) is 0 Å². The molecule has 0 aliphatic carbocycles. The van der Waals surface area contributed by atoms with Crippen molar-refractivity contribution in [3.63, 3.8) is 0 Å². The molecule has 2 heterocycles. The van der Waals surface area contributed by atoms with Crippen LogP contribution >= 0.6 is 23.2 Å². The first kappa shape index (κ1) is 12.5. The smallest absolute Gasteiger partial charge is 0.142 e. The third-order valence-electron chi connectivity index (χ3n) is 3.43. The van der Waals surface area contributed by atoms with Crippen molar-refractivity contribution in [1.29, 1.82) is 0 Å². The van der Waals surface area contributed by atoms with Crippen molar-refractivity contribution in [1.82, 2.24) is 5.32 Å². The average molecular weight is 288 g/mol. The molecule has 0 saturated carbocycles. The molecule has 2 atom stereocenters. The summed E-state index contributed by atoms with van der Waals surface area (Å²) in [5.41, 5.74) is 1.06. The molecule has 1 N–H and O–H groups in total. The fourth-order valence-corrected chi connectivity index (χ4v) is 3.11. The zero-order valence-corrected chi connectivity index (χ0v) is 11.4. The minimum atomic E-state index is 0.247. The average Bonchev–Trinajstić information content (AvgIpc) is 2.83. The zero-order chi connectivity index (χ0) is 12.5. The van der Waals surface area contributed by atoms with E-state index < -0.39 is 0 Å². The molecular weight excluding hydrogens is 273 g/mol. The maximum Gasteiger partial charge on any atom is 0.142 e. The Labute approximate surface area is 116 Å². The molecule has 0 radical (unpaired) electrons. The number of ether oxygens (including phenoxy) is 2. The maximum absolute atomic E-state index is 6.17. The van der Waals surface area contributed by atoms with Crippen LogP contribution in [0.4, 0.5) is 0 Å². The summed E-state index contributed by atoms with van der Waals surface area (Å²) in [6.45, 7) is 2.30. The lowest BCUT2D eigenvalue weighted by atomic mass is 9.99. The number of hydrogen-bond donors (Lipinski definition) is 1. The van der Waals surface area contributed by atoms with Gasteiger partial charge in [-0.05, 0) is 18.6 Å². The van der Waals surface area contributed by atoms with Crippen LogP contribution in [-0.2, 0) is 4.74 Å². The maximum atomic E-state index is 6.17. The van der Waals surface area contributed by atoms with Crippen LogP contribution in [0.5, 0.6) is 5.75 Å². The second-order valence-corrected chi connectivity index (χ2v) is 5.57. The SMILES string of the molecule is Clc1cc(Cl)c2c(c1)C(NC1CCOC1)CCO2. The zero-order valence-electron chi connectivity index (χ0n) is 9.92. The molecule has 5 heteroatoms. The summed E-state index contributed by atoms with van der Waals surface area (Å²) in [5.74, 6) is 0.767. The van der Waals surface area contributed by atoms with Crippen LogP contribution in [-0.4, -0.2) is 25.9 Å². The molecule has 0 spiro atoms. The van der Waals surface area contributed by atoms with Gasteiger partial charge in [-0.2, -0.15) is 0 Å². The van der Waals surface area contributed by atoms with E-state index in [1.165, 1.54) is 0 Å². The Kier molecular flexibility index (Phi) is 3.66. The number of benzene rings is 1. The molecule has 1 aromatic rings. The van der Waals surface area contributed by atoms with E-state index in [0.717, 1.165) is 37.4 Å². The molecular formula is C13H15Cl2NO2. The van der Waals surface area contributed by atoms with Gasteiger partial charge in [0.05, 0.1) is 18.2 Å². The molecule has 1 fully saturated rings. The Hall–Kier alpha value is -0.480. The monoisotopic (exact) mass is 287 g/mol. The van der Waals surface area contributed by atoms with E-state index in [2.05, 4.69) is 5.32 Å². The quantitative estimate of drug-likeness (QED) is 0.906. The van der Waals surface area contributed by atoms with Gasteiger partial charge in [0.25, 0.3) is 0 Å². The van der Waals surface area contributed by atoms with E-state index in [0.29, 0.717) is 22.7 Å². The Morgan fingerprint density at radius 3 is 2.83 bits per heavy atom. The first-order chi connectivity index (χ1) is 8.74. The molecule has 0 bridgehead atoms. The van der Waals surface area contributed by atoms with E-state index in [1.807, 2.05) is 6.07 Å². The molecule has 0 aromatic heterocycles. The minimum absolute atomic E-state index is 0.247. The van der Waals surface area contributed by atoms with Gasteiger partial charge in [-0.15, -0.1) is 0 Å². The van der Waals surface area contributed by atoms with Gasteiger partial charge >= 0.3 is 0 Å². The van der Waals surface area contributed by atoms with Gasteiger partial charge in [-0.25, -0.2) is 0 Å². The molecule has 1 saturated heterocycles. The van der Waals surface area contributed by atoms with Crippen molar-refractivity contribution in [3.05, 3.63) is 27.7 Å². The van der Waals surface area contributed by atoms with Crippen LogP contribution in [0, 0.1) is 0 Å². The topological polar surface area (TPSA) is 30.5 Å².